The zero-order chi connectivity index (χ0) is 25.3. The molecule has 1 N–H and O–H groups in total. The van der Waals surface area contributed by atoms with Crippen LogP contribution in [0.4, 0.5) is 0 Å². The van der Waals surface area contributed by atoms with Crippen molar-refractivity contribution in [3.8, 4) is 11.5 Å². The molecule has 2 aliphatic rings. The van der Waals surface area contributed by atoms with Gasteiger partial charge in [0.2, 0.25) is 0 Å². The average Bonchev–Trinajstić information content (AvgIpc) is 2.84. The highest BCUT2D eigenvalue weighted by Crippen LogP contribution is 2.48. The molecule has 0 fully saturated rings. The quantitative estimate of drug-likeness (QED) is 0.480. The van der Waals surface area contributed by atoms with Gasteiger partial charge < -0.3 is 19.5 Å². The minimum atomic E-state index is -0.671. The molecule has 0 saturated carbocycles. The highest BCUT2D eigenvalue weighted by molar-refractivity contribution is 6.42. The van der Waals surface area contributed by atoms with Crippen LogP contribution >= 0.6 is 23.2 Å². The molecule has 1 aliphatic carbocycles. The molecule has 6 nitrogen and oxygen atoms in total. The molecule has 1 heterocycles. The Hall–Kier alpha value is -2.96. The van der Waals surface area contributed by atoms with Gasteiger partial charge in [-0.05, 0) is 55.5 Å². The number of dihydropyridines is 1. The molecule has 0 aromatic heterocycles. The number of Topliss-reactive ketones (excluding diaryl/α,β-unsaturated/α-hetero) is 1. The molecule has 2 aromatic rings. The molecule has 0 spiro atoms. The van der Waals surface area contributed by atoms with Crippen LogP contribution in [0.5, 0.6) is 11.5 Å². The smallest absolute Gasteiger partial charge is 0.336 e. The Morgan fingerprint density at radius 1 is 1.09 bits per heavy atom. The first kappa shape index (κ1) is 25.1. The molecule has 0 unspecified atom stereocenters. The highest BCUT2D eigenvalue weighted by Gasteiger charge is 2.42. The Labute approximate surface area is 214 Å². The third-order valence-electron chi connectivity index (χ3n) is 6.49. The van der Waals surface area contributed by atoms with Crippen molar-refractivity contribution in [3.05, 3.63) is 80.1 Å². The lowest BCUT2D eigenvalue weighted by atomic mass is 9.71. The Morgan fingerprint density at radius 3 is 2.51 bits per heavy atom. The van der Waals surface area contributed by atoms with Crippen LogP contribution in [0.2, 0.25) is 10.0 Å². The first-order chi connectivity index (χ1) is 16.8. The third-order valence-corrected chi connectivity index (χ3v) is 7.33. The fourth-order valence-electron chi connectivity index (χ4n) is 4.92. The maximum absolute atomic E-state index is 13.7. The topological polar surface area (TPSA) is 73.9 Å². The van der Waals surface area contributed by atoms with Crippen molar-refractivity contribution < 1.29 is 23.8 Å². The number of rotatable bonds is 6. The van der Waals surface area contributed by atoms with E-state index in [1.54, 1.807) is 39.3 Å². The van der Waals surface area contributed by atoms with Gasteiger partial charge in [0, 0.05) is 29.3 Å². The number of carbonyl (C=O) groups is 2. The number of nitrogens with one attached hydrogen (secondary N) is 1. The molecule has 8 heteroatoms. The standard InChI is InChI=1S/C27H27Cl2NO5/c1-5-35-27(32)23-14(2)30-19-11-16(15-9-10-21(33-3)22(13-15)34-4)12-20(31)25(19)24(23)17-7-6-8-18(28)26(17)29/h6-10,13,16,24,30H,5,11-12H2,1-4H3/t16-,24+/m0/s1. The van der Waals surface area contributed by atoms with Gasteiger partial charge in [-0.2, -0.15) is 0 Å². The lowest BCUT2D eigenvalue weighted by molar-refractivity contribution is -0.138. The largest absolute Gasteiger partial charge is 0.493 e. The number of allylic oxidation sites excluding steroid dienone is 3. The van der Waals surface area contributed by atoms with Crippen molar-refractivity contribution in [2.24, 2.45) is 0 Å². The molecule has 1 aliphatic heterocycles. The molecule has 184 valence electrons. The number of esters is 1. The van der Waals surface area contributed by atoms with E-state index in [0.717, 1.165) is 11.3 Å². The van der Waals surface area contributed by atoms with Crippen molar-refractivity contribution in [3.63, 3.8) is 0 Å². The Morgan fingerprint density at radius 2 is 1.83 bits per heavy atom. The van der Waals surface area contributed by atoms with E-state index >= 15 is 0 Å². The summed E-state index contributed by atoms with van der Waals surface area (Å²) in [6.07, 6.45) is 0.860. The molecule has 35 heavy (non-hydrogen) atoms. The SMILES string of the molecule is CCOC(=O)C1=C(C)NC2=C(C(=O)C[C@@H](c3ccc(OC)c(OC)c3)C2)[C@@H]1c1cccc(Cl)c1Cl. The lowest BCUT2D eigenvalue weighted by Crippen LogP contribution is -2.36. The van der Waals surface area contributed by atoms with E-state index < -0.39 is 11.9 Å². The summed E-state index contributed by atoms with van der Waals surface area (Å²) < 4.78 is 16.2. The van der Waals surface area contributed by atoms with Crippen molar-refractivity contribution >= 4 is 35.0 Å². The first-order valence-electron chi connectivity index (χ1n) is 11.4. The zero-order valence-electron chi connectivity index (χ0n) is 20.0. The van der Waals surface area contributed by atoms with E-state index in [4.69, 9.17) is 37.4 Å². The average molecular weight is 516 g/mol. The van der Waals surface area contributed by atoms with Crippen LogP contribution < -0.4 is 14.8 Å². The van der Waals surface area contributed by atoms with Gasteiger partial charge in [0.1, 0.15) is 0 Å². The molecule has 4 rings (SSSR count). The molecule has 0 amide bonds. The minimum absolute atomic E-state index is 0.0612. The molecule has 0 bridgehead atoms. The summed E-state index contributed by atoms with van der Waals surface area (Å²) in [7, 11) is 3.17. The fraction of sp³-hybridized carbons (Fsp3) is 0.333. The van der Waals surface area contributed by atoms with E-state index in [1.165, 1.54) is 0 Å². The minimum Gasteiger partial charge on any atom is -0.493 e. The van der Waals surface area contributed by atoms with Crippen LogP contribution in [0.1, 0.15) is 49.7 Å². The molecule has 2 aromatic carbocycles. The second-order valence-electron chi connectivity index (χ2n) is 8.50. The number of carbonyl (C=O) groups excluding carboxylic acids is 2. The number of hydrogen-bond donors (Lipinski definition) is 1. The number of hydrogen-bond acceptors (Lipinski definition) is 6. The van der Waals surface area contributed by atoms with E-state index in [9.17, 15) is 9.59 Å². The van der Waals surface area contributed by atoms with E-state index in [1.807, 2.05) is 25.1 Å². The fourth-order valence-corrected chi connectivity index (χ4v) is 5.33. The molecular formula is C27H27Cl2NO5. The summed E-state index contributed by atoms with van der Waals surface area (Å²) in [6.45, 7) is 3.77. The lowest BCUT2D eigenvalue weighted by Gasteiger charge is -2.37. The number of halogens is 2. The summed E-state index contributed by atoms with van der Waals surface area (Å²) >= 11 is 12.9. The monoisotopic (exact) mass is 515 g/mol. The van der Waals surface area contributed by atoms with Crippen LogP contribution in [-0.4, -0.2) is 32.6 Å². The van der Waals surface area contributed by atoms with E-state index in [2.05, 4.69) is 5.32 Å². The first-order valence-corrected chi connectivity index (χ1v) is 12.1. The summed E-state index contributed by atoms with van der Waals surface area (Å²) in [5.74, 6) is -0.0502. The summed E-state index contributed by atoms with van der Waals surface area (Å²) in [5.41, 5.74) is 3.87. The predicted molar refractivity (Wildman–Crippen MR) is 135 cm³/mol. The number of benzene rings is 2. The number of ether oxygens (including phenoxy) is 3. The third kappa shape index (κ3) is 4.65. The van der Waals surface area contributed by atoms with Gasteiger partial charge in [0.05, 0.1) is 36.4 Å². The molecule has 2 atom stereocenters. The van der Waals surface area contributed by atoms with Gasteiger partial charge >= 0.3 is 5.97 Å². The van der Waals surface area contributed by atoms with Crippen LogP contribution in [-0.2, 0) is 14.3 Å². The van der Waals surface area contributed by atoms with Crippen LogP contribution in [0.15, 0.2) is 58.9 Å². The van der Waals surface area contributed by atoms with Crippen LogP contribution in [0.3, 0.4) is 0 Å². The molecule has 0 radical (unpaired) electrons. The van der Waals surface area contributed by atoms with E-state index in [0.29, 0.717) is 50.4 Å². The zero-order valence-corrected chi connectivity index (χ0v) is 21.5. The van der Waals surface area contributed by atoms with Crippen LogP contribution in [0, 0.1) is 0 Å². The van der Waals surface area contributed by atoms with Gasteiger partial charge in [-0.3, -0.25) is 4.79 Å². The van der Waals surface area contributed by atoms with Gasteiger partial charge in [-0.1, -0.05) is 41.4 Å². The van der Waals surface area contributed by atoms with Gasteiger partial charge in [0.25, 0.3) is 0 Å². The molecule has 0 saturated heterocycles. The van der Waals surface area contributed by atoms with Gasteiger partial charge in [0.15, 0.2) is 17.3 Å². The van der Waals surface area contributed by atoms with E-state index in [-0.39, 0.29) is 24.7 Å². The van der Waals surface area contributed by atoms with Crippen molar-refractivity contribution in [2.75, 3.05) is 20.8 Å². The van der Waals surface area contributed by atoms with Gasteiger partial charge in [-0.15, -0.1) is 0 Å². The summed E-state index contributed by atoms with van der Waals surface area (Å²) in [5, 5.41) is 4.00. The number of ketones is 1. The number of methoxy groups -OCH3 is 2. The Balaban J connectivity index is 1.81. The maximum Gasteiger partial charge on any atom is 0.336 e. The molecular weight excluding hydrogens is 489 g/mol. The maximum atomic E-state index is 13.7. The highest BCUT2D eigenvalue weighted by atomic mass is 35.5. The van der Waals surface area contributed by atoms with Crippen molar-refractivity contribution in [1.82, 2.24) is 5.32 Å². The predicted octanol–water partition coefficient (Wildman–Crippen LogP) is 5.94. The van der Waals surface area contributed by atoms with Gasteiger partial charge in [-0.25, -0.2) is 4.79 Å². The summed E-state index contributed by atoms with van der Waals surface area (Å²) in [6, 6.07) is 10.9. The second-order valence-corrected chi connectivity index (χ2v) is 9.28. The van der Waals surface area contributed by atoms with Crippen LogP contribution in [0.25, 0.3) is 0 Å². The Bertz CT molecular complexity index is 1250. The van der Waals surface area contributed by atoms with Crippen molar-refractivity contribution in [1.29, 1.82) is 0 Å². The normalized spacial score (nSPS) is 19.8. The Kier molecular flexibility index (Phi) is 7.43. The summed E-state index contributed by atoms with van der Waals surface area (Å²) in [4.78, 5) is 26.7. The second kappa shape index (κ2) is 10.3. The van der Waals surface area contributed by atoms with Crippen molar-refractivity contribution in [2.45, 2.75) is 38.5 Å².